The van der Waals surface area contributed by atoms with E-state index in [0.717, 1.165) is 27.4 Å². The predicted octanol–water partition coefficient (Wildman–Crippen LogP) is 5.41. The van der Waals surface area contributed by atoms with E-state index in [1.165, 1.54) is 5.56 Å². The molecule has 31 heavy (non-hydrogen) atoms. The average molecular weight is 497 g/mol. The van der Waals surface area contributed by atoms with Gasteiger partial charge in [0.1, 0.15) is 0 Å². The monoisotopic (exact) mass is 496 g/mol. The maximum atomic E-state index is 12.6. The van der Waals surface area contributed by atoms with E-state index >= 15 is 0 Å². The van der Waals surface area contributed by atoms with Gasteiger partial charge in [0.15, 0.2) is 11.5 Å². The van der Waals surface area contributed by atoms with Gasteiger partial charge >= 0.3 is 0 Å². The van der Waals surface area contributed by atoms with E-state index in [9.17, 15) is 4.79 Å². The number of hydrogen-bond acceptors (Lipinski definition) is 6. The summed E-state index contributed by atoms with van der Waals surface area (Å²) in [6, 6.07) is 15.4. The first-order valence-electron chi connectivity index (χ1n) is 9.67. The van der Waals surface area contributed by atoms with Crippen LogP contribution in [0.25, 0.3) is 17.2 Å². The summed E-state index contributed by atoms with van der Waals surface area (Å²) in [7, 11) is 0. The highest BCUT2D eigenvalue weighted by Gasteiger charge is 2.19. The zero-order valence-corrected chi connectivity index (χ0v) is 20.0. The van der Waals surface area contributed by atoms with E-state index in [1.807, 2.05) is 55.5 Å². The van der Waals surface area contributed by atoms with Crippen LogP contribution < -0.4 is 5.32 Å². The molecule has 0 fully saturated rings. The molecule has 1 N–H and O–H groups in total. The van der Waals surface area contributed by atoms with Crippen molar-refractivity contribution in [3.8, 4) is 17.2 Å². The van der Waals surface area contributed by atoms with Crippen molar-refractivity contribution in [3.05, 3.63) is 69.8 Å². The molecule has 2 aromatic carbocycles. The Morgan fingerprint density at radius 3 is 2.48 bits per heavy atom. The van der Waals surface area contributed by atoms with Crippen molar-refractivity contribution in [3.63, 3.8) is 0 Å². The molecule has 0 saturated carbocycles. The molecule has 0 spiro atoms. The van der Waals surface area contributed by atoms with Gasteiger partial charge in [-0.15, -0.1) is 5.10 Å². The summed E-state index contributed by atoms with van der Waals surface area (Å²) >= 11 is 4.65. The van der Waals surface area contributed by atoms with E-state index in [-0.39, 0.29) is 11.3 Å². The van der Waals surface area contributed by atoms with E-state index in [2.05, 4.69) is 61.7 Å². The summed E-state index contributed by atoms with van der Waals surface area (Å²) in [4.78, 5) is 17.0. The smallest absolute Gasteiger partial charge is 0.257 e. The zero-order valence-electron chi connectivity index (χ0n) is 17.5. The van der Waals surface area contributed by atoms with Gasteiger partial charge in [-0.05, 0) is 58.1 Å². The third-order valence-corrected chi connectivity index (χ3v) is 6.15. The van der Waals surface area contributed by atoms with Gasteiger partial charge in [-0.2, -0.15) is 9.36 Å². The van der Waals surface area contributed by atoms with Crippen LogP contribution in [0.5, 0.6) is 0 Å². The molecule has 0 aliphatic carbocycles. The van der Waals surface area contributed by atoms with Crippen LogP contribution in [-0.4, -0.2) is 30.3 Å². The fourth-order valence-corrected chi connectivity index (χ4v) is 4.07. The Kier molecular flexibility index (Phi) is 5.72. The van der Waals surface area contributed by atoms with Crippen molar-refractivity contribution >= 4 is 38.5 Å². The average Bonchev–Trinajstić information content (AvgIpc) is 3.34. The van der Waals surface area contributed by atoms with Crippen molar-refractivity contribution in [1.29, 1.82) is 0 Å². The maximum Gasteiger partial charge on any atom is 0.257 e. The van der Waals surface area contributed by atoms with Crippen LogP contribution in [0.3, 0.4) is 0 Å². The van der Waals surface area contributed by atoms with Crippen molar-refractivity contribution in [2.75, 3.05) is 5.32 Å². The largest absolute Gasteiger partial charge is 0.297 e. The Hall–Kier alpha value is -2.91. The Labute approximate surface area is 192 Å². The van der Waals surface area contributed by atoms with Gasteiger partial charge in [-0.3, -0.25) is 10.1 Å². The number of hydrogen-bond donors (Lipinski definition) is 1. The number of para-hydroxylation sites is 1. The van der Waals surface area contributed by atoms with Crippen LogP contribution in [0.2, 0.25) is 0 Å². The maximum absolute atomic E-state index is 12.6. The van der Waals surface area contributed by atoms with Crippen molar-refractivity contribution in [2.24, 2.45) is 0 Å². The van der Waals surface area contributed by atoms with Crippen molar-refractivity contribution in [1.82, 2.24) is 24.4 Å². The van der Waals surface area contributed by atoms with Crippen LogP contribution in [0.15, 0.2) is 53.0 Å². The second kappa shape index (κ2) is 8.32. The molecule has 0 bridgehead atoms. The minimum absolute atomic E-state index is 0.0355. The molecule has 0 aliphatic heterocycles. The Bertz CT molecular complexity index is 1240. The number of nitrogens with zero attached hydrogens (tertiary/aromatic N) is 5. The number of carbonyl (C=O) groups is 1. The van der Waals surface area contributed by atoms with E-state index < -0.39 is 0 Å². The summed E-state index contributed by atoms with van der Waals surface area (Å²) in [5, 5.41) is 11.7. The molecule has 0 saturated heterocycles. The quantitative estimate of drug-likeness (QED) is 0.408. The van der Waals surface area contributed by atoms with Crippen LogP contribution in [0.1, 0.15) is 42.4 Å². The first kappa shape index (κ1) is 21.3. The first-order valence-corrected chi connectivity index (χ1v) is 11.2. The van der Waals surface area contributed by atoms with Crippen LogP contribution in [0.4, 0.5) is 5.13 Å². The highest BCUT2D eigenvalue weighted by atomic mass is 79.9. The molecule has 4 rings (SSSR count). The van der Waals surface area contributed by atoms with E-state index in [4.69, 9.17) is 0 Å². The van der Waals surface area contributed by atoms with Gasteiger partial charge in [-0.25, -0.2) is 4.68 Å². The molecular formula is C22H21BrN6OS. The molecule has 9 heteroatoms. The van der Waals surface area contributed by atoms with Gasteiger partial charge < -0.3 is 0 Å². The topological polar surface area (TPSA) is 85.6 Å². The van der Waals surface area contributed by atoms with Crippen molar-refractivity contribution in [2.45, 2.75) is 33.1 Å². The number of anilines is 1. The van der Waals surface area contributed by atoms with Gasteiger partial charge in [0, 0.05) is 21.6 Å². The van der Waals surface area contributed by atoms with Crippen LogP contribution in [0, 0.1) is 6.92 Å². The molecular weight excluding hydrogens is 476 g/mol. The summed E-state index contributed by atoms with van der Waals surface area (Å²) in [6.07, 6.45) is 0. The van der Waals surface area contributed by atoms with Gasteiger partial charge in [0.2, 0.25) is 5.13 Å². The third kappa shape index (κ3) is 4.42. The Morgan fingerprint density at radius 2 is 1.81 bits per heavy atom. The molecule has 0 unspecified atom stereocenters. The fraction of sp³-hybridized carbons (Fsp3) is 0.227. The number of amides is 1. The number of rotatable bonds is 4. The van der Waals surface area contributed by atoms with E-state index in [1.54, 1.807) is 4.68 Å². The van der Waals surface area contributed by atoms with Gasteiger partial charge in [0.25, 0.3) is 5.91 Å². The summed E-state index contributed by atoms with van der Waals surface area (Å²) in [5.41, 5.74) is 4.03. The zero-order chi connectivity index (χ0) is 22.2. The first-order chi connectivity index (χ1) is 14.7. The minimum Gasteiger partial charge on any atom is -0.297 e. The van der Waals surface area contributed by atoms with Gasteiger partial charge in [-0.1, -0.05) is 50.3 Å². The number of carbonyl (C=O) groups excluding carboxylic acids is 1. The number of aromatic nitrogens is 5. The summed E-state index contributed by atoms with van der Waals surface area (Å²) in [5.74, 6) is 0.205. The summed E-state index contributed by atoms with van der Waals surface area (Å²) < 4.78 is 7.00. The van der Waals surface area contributed by atoms with Crippen LogP contribution >= 0.6 is 27.5 Å². The van der Waals surface area contributed by atoms with Crippen LogP contribution in [-0.2, 0) is 5.41 Å². The predicted molar refractivity (Wildman–Crippen MR) is 126 cm³/mol. The highest BCUT2D eigenvalue weighted by Crippen LogP contribution is 2.27. The number of benzene rings is 2. The fourth-order valence-electron chi connectivity index (χ4n) is 3.05. The second-order valence-corrected chi connectivity index (χ2v) is 9.70. The number of nitrogens with one attached hydrogen (secondary N) is 1. The molecule has 0 radical (unpaired) electrons. The van der Waals surface area contributed by atoms with Crippen molar-refractivity contribution < 1.29 is 4.79 Å². The number of halogens is 1. The highest BCUT2D eigenvalue weighted by molar-refractivity contribution is 9.10. The molecule has 4 aromatic rings. The molecule has 158 valence electrons. The lowest BCUT2D eigenvalue weighted by molar-refractivity contribution is 0.102. The SMILES string of the molecule is Cc1c(-c2nsc(NC(=O)c3ccc(C(C)(C)C)cc3)n2)nnn1-c1ccccc1Br. The molecule has 0 atom stereocenters. The molecule has 2 aromatic heterocycles. The van der Waals surface area contributed by atoms with Gasteiger partial charge in [0.05, 0.1) is 11.4 Å². The molecule has 2 heterocycles. The summed E-state index contributed by atoms with van der Waals surface area (Å²) in [6.45, 7) is 8.32. The standard InChI is InChI=1S/C22H21BrN6OS/c1-13-18(26-28-29(13)17-8-6-5-7-16(17)23)19-24-21(31-27-19)25-20(30)14-9-11-15(12-10-14)22(2,3)4/h5-12H,1-4H3,(H,24,25,27,30). The molecule has 1 amide bonds. The minimum atomic E-state index is -0.225. The Morgan fingerprint density at radius 1 is 1.10 bits per heavy atom. The third-order valence-electron chi connectivity index (χ3n) is 4.85. The normalized spacial score (nSPS) is 11.5. The second-order valence-electron chi connectivity index (χ2n) is 8.09. The lowest BCUT2D eigenvalue weighted by Crippen LogP contribution is -2.14. The molecule has 7 nitrogen and oxygen atoms in total. The molecule has 0 aliphatic rings. The lowest BCUT2D eigenvalue weighted by atomic mass is 9.87. The Balaban J connectivity index is 1.53. The van der Waals surface area contributed by atoms with E-state index in [0.29, 0.717) is 22.2 Å². The lowest BCUT2D eigenvalue weighted by Gasteiger charge is -2.18.